The van der Waals surface area contributed by atoms with Gasteiger partial charge in [-0.25, -0.2) is 0 Å². The van der Waals surface area contributed by atoms with Crippen LogP contribution in [0.4, 0.5) is 0 Å². The molecule has 0 unspecified atom stereocenters. The summed E-state index contributed by atoms with van der Waals surface area (Å²) < 4.78 is 0. The number of carbonyl (C=O) groups is 1. The van der Waals surface area contributed by atoms with Crippen molar-refractivity contribution in [2.45, 2.75) is 18.9 Å². The van der Waals surface area contributed by atoms with E-state index in [0.717, 1.165) is 19.4 Å². The van der Waals surface area contributed by atoms with E-state index in [1.54, 1.807) is 4.90 Å². The maximum atomic E-state index is 10.5. The van der Waals surface area contributed by atoms with Crippen LogP contribution >= 0.6 is 0 Å². The average molecular weight is 191 g/mol. The van der Waals surface area contributed by atoms with Crippen LogP contribution in [0.3, 0.4) is 0 Å². The second-order valence-corrected chi connectivity index (χ2v) is 2.94. The fourth-order valence-electron chi connectivity index (χ4n) is 0.841. The Kier molecular flexibility index (Phi) is 6.48. The lowest BCUT2D eigenvalue weighted by atomic mass is 10.4. The van der Waals surface area contributed by atoms with Crippen molar-refractivity contribution in [2.24, 2.45) is 0 Å². The minimum atomic E-state index is -0.954. The summed E-state index contributed by atoms with van der Waals surface area (Å²) in [6, 6.07) is 0. The van der Waals surface area contributed by atoms with Crippen molar-refractivity contribution in [1.82, 2.24) is 4.90 Å². The molecule has 1 amide bonds. The van der Waals surface area contributed by atoms with Gasteiger partial charge >= 0.3 is 0 Å². The van der Waals surface area contributed by atoms with Crippen molar-refractivity contribution in [2.75, 3.05) is 26.8 Å². The second-order valence-electron chi connectivity index (χ2n) is 2.94. The van der Waals surface area contributed by atoms with Gasteiger partial charge in [-0.15, -0.1) is 0 Å². The van der Waals surface area contributed by atoms with Gasteiger partial charge in [0.25, 0.3) is 0 Å². The quantitative estimate of drug-likeness (QED) is 0.500. The first-order chi connectivity index (χ1) is 6.11. The van der Waals surface area contributed by atoms with Crippen molar-refractivity contribution in [3.8, 4) is 0 Å². The molecule has 0 aromatic heterocycles. The summed E-state index contributed by atoms with van der Waals surface area (Å²) in [4.78, 5) is 12.3. The zero-order valence-electron chi connectivity index (χ0n) is 7.81. The van der Waals surface area contributed by atoms with Crippen LogP contribution in [0.25, 0.3) is 0 Å². The third-order valence-corrected chi connectivity index (χ3v) is 1.73. The molecule has 0 spiro atoms. The molecule has 1 heterocycles. The Hall–Kier alpha value is -0.650. The molecule has 1 aliphatic rings. The number of hydrogen-bond donors (Lipinski definition) is 3. The van der Waals surface area contributed by atoms with Gasteiger partial charge in [-0.1, -0.05) is 0 Å². The van der Waals surface area contributed by atoms with Gasteiger partial charge in [0.2, 0.25) is 5.91 Å². The van der Waals surface area contributed by atoms with Crippen LogP contribution in [0.1, 0.15) is 12.8 Å². The van der Waals surface area contributed by atoms with Gasteiger partial charge in [-0.2, -0.15) is 0 Å². The molecular formula is C8H17NO4. The Bertz CT molecular complexity index is 147. The lowest BCUT2D eigenvalue weighted by Gasteiger charge is -2.03. The minimum absolute atomic E-state index is 0.292. The summed E-state index contributed by atoms with van der Waals surface area (Å²) in [6.07, 6.45) is 0.858. The molecule has 5 nitrogen and oxygen atoms in total. The summed E-state index contributed by atoms with van der Waals surface area (Å²) in [5.41, 5.74) is 0. The topological polar surface area (TPSA) is 81.0 Å². The molecule has 0 aromatic carbocycles. The van der Waals surface area contributed by atoms with Crippen molar-refractivity contribution in [3.63, 3.8) is 0 Å². The zero-order valence-corrected chi connectivity index (χ0v) is 7.81. The van der Waals surface area contributed by atoms with E-state index in [4.69, 9.17) is 15.3 Å². The van der Waals surface area contributed by atoms with E-state index in [9.17, 15) is 4.79 Å². The molecule has 0 atom stereocenters. The van der Waals surface area contributed by atoms with Crippen LogP contribution in [0.15, 0.2) is 0 Å². The lowest BCUT2D eigenvalue weighted by Crippen LogP contribution is -2.17. The molecule has 0 aromatic rings. The molecule has 0 aliphatic carbocycles. The molecule has 78 valence electrons. The highest BCUT2D eigenvalue weighted by atomic mass is 16.3. The monoisotopic (exact) mass is 191 g/mol. The molecule has 1 aliphatic heterocycles. The highest BCUT2D eigenvalue weighted by Gasteiger charge is 2.14. The standard InChI is InChI=1S/C5H9NO.C3H8O3/c1-6-4-2-3-5(6)7;4-1-3(6)2-5/h2-4H2,1H3;3-6H,1-2H2. The van der Waals surface area contributed by atoms with Gasteiger partial charge in [-0.05, 0) is 6.42 Å². The average Bonchev–Trinajstić information content (AvgIpc) is 2.51. The molecule has 5 heteroatoms. The number of aliphatic hydroxyl groups is 3. The molecule has 3 N–H and O–H groups in total. The first-order valence-electron chi connectivity index (χ1n) is 4.25. The molecule has 13 heavy (non-hydrogen) atoms. The van der Waals surface area contributed by atoms with Crippen molar-refractivity contribution < 1.29 is 20.1 Å². The number of amides is 1. The third-order valence-electron chi connectivity index (χ3n) is 1.73. The fourth-order valence-corrected chi connectivity index (χ4v) is 0.841. The first-order valence-corrected chi connectivity index (χ1v) is 4.25. The van der Waals surface area contributed by atoms with E-state index in [-0.39, 0.29) is 13.2 Å². The number of nitrogens with zero attached hydrogens (tertiary/aromatic N) is 1. The van der Waals surface area contributed by atoms with E-state index in [1.807, 2.05) is 7.05 Å². The summed E-state index contributed by atoms with van der Waals surface area (Å²) in [7, 11) is 1.84. The van der Waals surface area contributed by atoms with Gasteiger partial charge in [0, 0.05) is 20.0 Å². The first kappa shape index (κ1) is 12.3. The predicted octanol–water partition coefficient (Wildman–Crippen LogP) is -1.43. The zero-order chi connectivity index (χ0) is 10.3. The summed E-state index contributed by atoms with van der Waals surface area (Å²) in [5, 5.41) is 24.0. The molecule has 1 saturated heterocycles. The Morgan fingerprint density at radius 3 is 2.08 bits per heavy atom. The molecular weight excluding hydrogens is 174 g/mol. The Balaban J connectivity index is 0.000000226. The Morgan fingerprint density at radius 1 is 1.46 bits per heavy atom. The summed E-state index contributed by atoms with van der Waals surface area (Å²) in [5.74, 6) is 0.292. The van der Waals surface area contributed by atoms with Crippen molar-refractivity contribution >= 4 is 5.91 Å². The predicted molar refractivity (Wildman–Crippen MR) is 47.0 cm³/mol. The van der Waals surface area contributed by atoms with E-state index in [0.29, 0.717) is 5.91 Å². The number of rotatable bonds is 2. The van der Waals surface area contributed by atoms with Crippen molar-refractivity contribution in [3.05, 3.63) is 0 Å². The maximum Gasteiger partial charge on any atom is 0.222 e. The van der Waals surface area contributed by atoms with Crippen LogP contribution in [0.5, 0.6) is 0 Å². The SMILES string of the molecule is CN1CCCC1=O.OCC(O)CO. The number of hydrogen-bond acceptors (Lipinski definition) is 4. The van der Waals surface area contributed by atoms with Crippen LogP contribution in [-0.4, -0.2) is 59.0 Å². The molecule has 1 fully saturated rings. The van der Waals surface area contributed by atoms with Gasteiger partial charge in [0.15, 0.2) is 0 Å². The van der Waals surface area contributed by atoms with Gasteiger partial charge in [0.05, 0.1) is 13.2 Å². The number of likely N-dealkylation sites (tertiary alicyclic amines) is 1. The van der Waals surface area contributed by atoms with Crippen LogP contribution in [0, 0.1) is 0 Å². The van der Waals surface area contributed by atoms with Crippen LogP contribution in [0.2, 0.25) is 0 Å². The van der Waals surface area contributed by atoms with Gasteiger partial charge in [-0.3, -0.25) is 4.79 Å². The molecule has 0 radical (unpaired) electrons. The largest absolute Gasteiger partial charge is 0.394 e. The maximum absolute atomic E-state index is 10.5. The van der Waals surface area contributed by atoms with E-state index in [1.165, 1.54) is 0 Å². The van der Waals surface area contributed by atoms with Gasteiger partial charge in [0.1, 0.15) is 6.10 Å². The van der Waals surface area contributed by atoms with E-state index in [2.05, 4.69) is 0 Å². The highest BCUT2D eigenvalue weighted by Crippen LogP contribution is 2.04. The van der Waals surface area contributed by atoms with Crippen molar-refractivity contribution in [1.29, 1.82) is 0 Å². The number of aliphatic hydroxyl groups excluding tert-OH is 3. The summed E-state index contributed by atoms with van der Waals surface area (Å²) in [6.45, 7) is 0.228. The molecule has 0 saturated carbocycles. The van der Waals surface area contributed by atoms with Crippen LogP contribution < -0.4 is 0 Å². The van der Waals surface area contributed by atoms with Crippen LogP contribution in [-0.2, 0) is 4.79 Å². The Morgan fingerprint density at radius 2 is 2.00 bits per heavy atom. The number of carbonyl (C=O) groups excluding carboxylic acids is 1. The fraction of sp³-hybridized carbons (Fsp3) is 0.875. The minimum Gasteiger partial charge on any atom is -0.394 e. The van der Waals surface area contributed by atoms with E-state index < -0.39 is 6.10 Å². The Labute approximate surface area is 77.6 Å². The second kappa shape index (κ2) is 6.82. The normalized spacial score (nSPS) is 16.1. The van der Waals surface area contributed by atoms with E-state index >= 15 is 0 Å². The summed E-state index contributed by atoms with van der Waals surface area (Å²) >= 11 is 0. The lowest BCUT2D eigenvalue weighted by molar-refractivity contribution is -0.126. The smallest absolute Gasteiger partial charge is 0.222 e. The highest BCUT2D eigenvalue weighted by molar-refractivity contribution is 5.77. The molecule has 1 rings (SSSR count). The molecule has 0 bridgehead atoms. The third kappa shape index (κ3) is 5.57. The van der Waals surface area contributed by atoms with Gasteiger partial charge < -0.3 is 20.2 Å².